The van der Waals surface area contributed by atoms with Gasteiger partial charge in [0.15, 0.2) is 22.9 Å². The largest absolute Gasteiger partial charge is 0.494 e. The average Bonchev–Trinajstić information content (AvgIpc) is 3.66. The Morgan fingerprint density at radius 3 is 1.24 bits per heavy atom. The molecule has 3 saturated heterocycles. The second kappa shape index (κ2) is 14.3. The van der Waals surface area contributed by atoms with Crippen LogP contribution in [0.1, 0.15) is 110 Å². The Morgan fingerprint density at radius 1 is 0.500 bits per heavy atom. The van der Waals surface area contributed by atoms with Crippen LogP contribution in [0.5, 0.6) is 0 Å². The molecule has 7 rings (SSSR count). The first kappa shape index (κ1) is 42.2. The van der Waals surface area contributed by atoms with E-state index in [0.717, 1.165) is 32.1 Å². The SMILES string of the molecule is C.C.CC1(C)OB(B2OC(C)(C)C(C)(C)O2)OC1(C)C.Cc1nc2ccc(B3OC(C)(C)C(C)(C)O3)cc2o1.Cc1nc2ccc(Br)cc2o1. The molecule has 4 aromatic rings. The predicted octanol–water partition coefficient (Wildman–Crippen LogP) is 8.86. The molecule has 50 heavy (non-hydrogen) atoms. The maximum absolute atomic E-state index is 6.02. The fourth-order valence-corrected chi connectivity index (χ4v) is 5.54. The van der Waals surface area contributed by atoms with Crippen molar-refractivity contribution < 1.29 is 36.8 Å². The van der Waals surface area contributed by atoms with Crippen LogP contribution in [-0.4, -0.2) is 64.7 Å². The second-order valence-electron chi connectivity index (χ2n) is 15.6. The Balaban J connectivity index is 0.000000205. The summed E-state index contributed by atoms with van der Waals surface area (Å²) in [4.78, 5) is 8.46. The highest BCUT2D eigenvalue weighted by atomic mass is 79.9. The molecular weight excluding hydrogens is 701 g/mol. The molecule has 0 amide bonds. The minimum Gasteiger partial charge on any atom is -0.441 e. The van der Waals surface area contributed by atoms with Gasteiger partial charge in [-0.25, -0.2) is 9.97 Å². The van der Waals surface area contributed by atoms with Gasteiger partial charge in [-0.05, 0) is 119 Å². The number of fused-ring (bicyclic) bond motifs is 2. The Hall–Kier alpha value is -2.19. The first-order valence-electron chi connectivity index (χ1n) is 16.4. The third-order valence-electron chi connectivity index (χ3n) is 10.3. The van der Waals surface area contributed by atoms with Gasteiger partial charge in [-0.15, -0.1) is 0 Å². The molecule has 0 atom stereocenters. The van der Waals surface area contributed by atoms with Gasteiger partial charge < -0.3 is 36.8 Å². The summed E-state index contributed by atoms with van der Waals surface area (Å²) in [7, 11) is -1.31. The molecular formula is C36H56B3BrN2O8. The number of oxazole rings is 2. The van der Waals surface area contributed by atoms with E-state index in [4.69, 9.17) is 36.8 Å². The minimum absolute atomic E-state index is 0. The van der Waals surface area contributed by atoms with Crippen molar-refractivity contribution in [2.45, 2.75) is 145 Å². The number of benzene rings is 2. The highest BCUT2D eigenvalue weighted by molar-refractivity contribution is 9.10. The number of aryl methyl sites for hydroxylation is 2. The van der Waals surface area contributed by atoms with Gasteiger partial charge in [0.25, 0.3) is 0 Å². The molecule has 274 valence electrons. The quantitative estimate of drug-likeness (QED) is 0.184. The number of aromatic nitrogens is 2. The summed E-state index contributed by atoms with van der Waals surface area (Å²) in [6.07, 6.45) is 0. The summed E-state index contributed by atoms with van der Waals surface area (Å²) in [5, 5.41) is 0. The molecule has 5 heterocycles. The second-order valence-corrected chi connectivity index (χ2v) is 16.6. The van der Waals surface area contributed by atoms with E-state index >= 15 is 0 Å². The lowest BCUT2D eigenvalue weighted by Gasteiger charge is -2.32. The highest BCUT2D eigenvalue weighted by Crippen LogP contribution is 2.43. The van der Waals surface area contributed by atoms with Crippen LogP contribution in [0, 0.1) is 13.8 Å². The molecule has 2 aromatic carbocycles. The van der Waals surface area contributed by atoms with Crippen LogP contribution in [-0.2, 0) is 27.9 Å². The summed E-state index contributed by atoms with van der Waals surface area (Å²) in [5.41, 5.74) is 2.23. The van der Waals surface area contributed by atoms with Crippen molar-refractivity contribution in [2.24, 2.45) is 0 Å². The van der Waals surface area contributed by atoms with Crippen LogP contribution in [0.15, 0.2) is 49.7 Å². The van der Waals surface area contributed by atoms with Crippen molar-refractivity contribution in [3.05, 3.63) is 52.7 Å². The van der Waals surface area contributed by atoms with E-state index in [2.05, 4.69) is 25.9 Å². The topological polar surface area (TPSA) is 107 Å². The van der Waals surface area contributed by atoms with Gasteiger partial charge >= 0.3 is 21.1 Å². The van der Waals surface area contributed by atoms with Crippen LogP contribution in [0.4, 0.5) is 0 Å². The molecule has 0 unspecified atom stereocenters. The van der Waals surface area contributed by atoms with E-state index in [0.29, 0.717) is 11.8 Å². The molecule has 0 N–H and O–H groups in total. The number of hydrogen-bond donors (Lipinski definition) is 0. The number of hydrogen-bond acceptors (Lipinski definition) is 10. The van der Waals surface area contributed by atoms with Gasteiger partial charge in [-0.3, -0.25) is 0 Å². The Morgan fingerprint density at radius 2 is 0.840 bits per heavy atom. The molecule has 3 aliphatic rings. The number of nitrogens with zero attached hydrogens (tertiary/aromatic N) is 2. The van der Waals surface area contributed by atoms with Crippen LogP contribution < -0.4 is 5.46 Å². The Labute approximate surface area is 308 Å². The third kappa shape index (κ3) is 8.38. The zero-order chi connectivity index (χ0) is 35.7. The van der Waals surface area contributed by atoms with Crippen LogP contribution >= 0.6 is 15.9 Å². The summed E-state index contributed by atoms with van der Waals surface area (Å²) < 4.78 is 47.8. The Bertz CT molecular complexity index is 1700. The lowest BCUT2D eigenvalue weighted by Crippen LogP contribution is -2.41. The van der Waals surface area contributed by atoms with Gasteiger partial charge in [-0.1, -0.05) is 36.8 Å². The van der Waals surface area contributed by atoms with Crippen molar-refractivity contribution in [1.82, 2.24) is 9.97 Å². The molecule has 3 aliphatic heterocycles. The zero-order valence-electron chi connectivity index (χ0n) is 30.7. The van der Waals surface area contributed by atoms with E-state index in [-0.39, 0.29) is 55.6 Å². The predicted molar refractivity (Wildman–Crippen MR) is 207 cm³/mol. The normalized spacial score (nSPS) is 21.9. The van der Waals surface area contributed by atoms with Crippen LogP contribution in [0.2, 0.25) is 0 Å². The average molecular weight is 757 g/mol. The van der Waals surface area contributed by atoms with Gasteiger partial charge in [0.2, 0.25) is 0 Å². The summed E-state index contributed by atoms with van der Waals surface area (Å²) in [6.45, 7) is 28.1. The third-order valence-corrected chi connectivity index (χ3v) is 10.8. The minimum atomic E-state index is -0.476. The summed E-state index contributed by atoms with van der Waals surface area (Å²) in [6, 6.07) is 11.6. The molecule has 10 nitrogen and oxygen atoms in total. The van der Waals surface area contributed by atoms with Crippen molar-refractivity contribution in [2.75, 3.05) is 0 Å². The summed E-state index contributed by atoms with van der Waals surface area (Å²) in [5.74, 6) is 1.37. The van der Waals surface area contributed by atoms with Crippen molar-refractivity contribution in [3.63, 3.8) is 0 Å². The van der Waals surface area contributed by atoms with E-state index in [1.54, 1.807) is 0 Å². The van der Waals surface area contributed by atoms with Gasteiger partial charge in [0.05, 0.1) is 33.6 Å². The summed E-state index contributed by atoms with van der Waals surface area (Å²) >= 11 is 3.35. The first-order chi connectivity index (χ1) is 21.9. The monoisotopic (exact) mass is 756 g/mol. The molecule has 0 saturated carbocycles. The van der Waals surface area contributed by atoms with E-state index in [1.165, 1.54) is 0 Å². The van der Waals surface area contributed by atoms with E-state index in [1.807, 2.05) is 133 Å². The number of rotatable bonds is 2. The lowest BCUT2D eigenvalue weighted by molar-refractivity contribution is 0.00578. The van der Waals surface area contributed by atoms with E-state index in [9.17, 15) is 0 Å². The fraction of sp³-hybridized carbons (Fsp3) is 0.611. The standard InChI is InChI=1S/C14H18BNO3.C12H24B2O4.C8H6BrNO.2CH4/c1-9-16-11-7-6-10(8-12(11)17-9)15-18-13(2,3)14(4,5)19-15;1-9(2)10(3,4)16-13(15-9)14-17-11(5,6)12(7,8)18-14;1-5-10-7-3-2-6(9)4-8(7)11-5;;/h6-8H,1-5H3;1-8H3;2-4H,1H3;2*1H4. The van der Waals surface area contributed by atoms with E-state index < -0.39 is 14.0 Å². The maximum atomic E-state index is 6.02. The molecule has 0 radical (unpaired) electrons. The van der Waals surface area contributed by atoms with Crippen molar-refractivity contribution in [3.8, 4) is 0 Å². The maximum Gasteiger partial charge on any atom is 0.494 e. The fourth-order valence-electron chi connectivity index (χ4n) is 5.20. The molecule has 0 spiro atoms. The van der Waals surface area contributed by atoms with Crippen LogP contribution in [0.3, 0.4) is 0 Å². The zero-order valence-corrected chi connectivity index (χ0v) is 32.3. The molecule has 3 fully saturated rings. The van der Waals surface area contributed by atoms with Gasteiger partial charge in [0, 0.05) is 18.3 Å². The smallest absolute Gasteiger partial charge is 0.441 e. The Kier molecular flexibility index (Phi) is 12.1. The van der Waals surface area contributed by atoms with Gasteiger partial charge in [0.1, 0.15) is 11.0 Å². The van der Waals surface area contributed by atoms with Crippen molar-refractivity contribution in [1.29, 1.82) is 0 Å². The molecule has 14 heteroatoms. The number of halogens is 1. The first-order valence-corrected chi connectivity index (χ1v) is 17.2. The molecule has 0 aliphatic carbocycles. The van der Waals surface area contributed by atoms with Gasteiger partial charge in [-0.2, -0.15) is 0 Å². The van der Waals surface area contributed by atoms with Crippen molar-refractivity contribution >= 4 is 64.7 Å². The highest BCUT2D eigenvalue weighted by Gasteiger charge is 2.63. The lowest BCUT2D eigenvalue weighted by atomic mass is 9.49. The van der Waals surface area contributed by atoms with Crippen LogP contribution in [0.25, 0.3) is 22.2 Å². The molecule has 0 bridgehead atoms. The molecule has 2 aromatic heterocycles.